The van der Waals surface area contributed by atoms with Gasteiger partial charge in [0.15, 0.2) is 5.78 Å². The standard InChI is InChI=1S/C25H23F3N2O5S/c1-16(32)23(15-31)30-24(33)22-12-5-4-11-21(22)20-10-3-2-7-17(20)14-29-36(34,35)19-9-6-8-18(13-19)25(26,27)28/h2-13,23,29,31H,14-15H2,1H3,(H,30,33)/t23-/m0/s1. The molecule has 0 fully saturated rings. The lowest BCUT2D eigenvalue weighted by Crippen LogP contribution is -2.42. The number of aliphatic hydroxyl groups excluding tert-OH is 1. The Morgan fingerprint density at radius 3 is 2.22 bits per heavy atom. The number of aliphatic hydroxyl groups is 1. The molecular weight excluding hydrogens is 497 g/mol. The molecule has 0 aliphatic rings. The Bertz CT molecular complexity index is 1370. The van der Waals surface area contributed by atoms with E-state index in [1.807, 2.05) is 0 Å². The SMILES string of the molecule is CC(=O)[C@H](CO)NC(=O)c1ccccc1-c1ccccc1CNS(=O)(=O)c1cccc(C(F)(F)F)c1. The van der Waals surface area contributed by atoms with Crippen molar-refractivity contribution in [2.45, 2.75) is 30.6 Å². The van der Waals surface area contributed by atoms with Crippen LogP contribution < -0.4 is 10.0 Å². The summed E-state index contributed by atoms with van der Waals surface area (Å²) in [7, 11) is -4.29. The molecular formula is C25H23F3N2O5S. The second kappa shape index (κ2) is 11.0. The Kier molecular flexibility index (Phi) is 8.28. The average molecular weight is 521 g/mol. The minimum atomic E-state index is -4.69. The van der Waals surface area contributed by atoms with Gasteiger partial charge < -0.3 is 10.4 Å². The lowest BCUT2D eigenvalue weighted by Gasteiger charge is -2.17. The van der Waals surface area contributed by atoms with Gasteiger partial charge in [-0.1, -0.05) is 48.5 Å². The Balaban J connectivity index is 1.91. The van der Waals surface area contributed by atoms with Crippen molar-refractivity contribution < 1.29 is 36.3 Å². The van der Waals surface area contributed by atoms with Crippen LogP contribution >= 0.6 is 0 Å². The molecule has 36 heavy (non-hydrogen) atoms. The molecule has 0 heterocycles. The molecule has 190 valence electrons. The third-order valence-corrected chi connectivity index (χ3v) is 6.78. The lowest BCUT2D eigenvalue weighted by atomic mass is 9.95. The van der Waals surface area contributed by atoms with Crippen molar-refractivity contribution in [2.75, 3.05) is 6.61 Å². The highest BCUT2D eigenvalue weighted by Crippen LogP contribution is 2.31. The topological polar surface area (TPSA) is 113 Å². The normalized spacial score (nSPS) is 12.7. The summed E-state index contributed by atoms with van der Waals surface area (Å²) in [5.74, 6) is -1.04. The Hall–Kier alpha value is -3.54. The number of amides is 1. The second-order valence-electron chi connectivity index (χ2n) is 7.87. The summed E-state index contributed by atoms with van der Waals surface area (Å²) in [4.78, 5) is 23.9. The molecule has 0 saturated heterocycles. The van der Waals surface area contributed by atoms with E-state index in [4.69, 9.17) is 0 Å². The van der Waals surface area contributed by atoms with E-state index in [2.05, 4.69) is 10.0 Å². The molecule has 3 aromatic rings. The minimum absolute atomic E-state index is 0.186. The summed E-state index contributed by atoms with van der Waals surface area (Å²) >= 11 is 0. The Morgan fingerprint density at radius 1 is 0.944 bits per heavy atom. The summed E-state index contributed by atoms with van der Waals surface area (Å²) in [5, 5.41) is 11.8. The van der Waals surface area contributed by atoms with E-state index in [1.54, 1.807) is 42.5 Å². The van der Waals surface area contributed by atoms with Gasteiger partial charge in [-0.05, 0) is 47.9 Å². The van der Waals surface area contributed by atoms with Crippen LogP contribution in [-0.4, -0.2) is 37.9 Å². The quantitative estimate of drug-likeness (QED) is 0.400. The van der Waals surface area contributed by atoms with Crippen LogP contribution in [0.5, 0.6) is 0 Å². The first-order valence-electron chi connectivity index (χ1n) is 10.7. The van der Waals surface area contributed by atoms with Gasteiger partial charge >= 0.3 is 6.18 Å². The third-order valence-electron chi connectivity index (χ3n) is 5.38. The fourth-order valence-electron chi connectivity index (χ4n) is 3.46. The average Bonchev–Trinajstić information content (AvgIpc) is 2.85. The van der Waals surface area contributed by atoms with Gasteiger partial charge in [0.1, 0.15) is 6.04 Å². The van der Waals surface area contributed by atoms with Gasteiger partial charge in [-0.15, -0.1) is 0 Å². The van der Waals surface area contributed by atoms with Crippen molar-refractivity contribution in [2.24, 2.45) is 0 Å². The molecule has 0 aliphatic carbocycles. The Morgan fingerprint density at radius 2 is 1.58 bits per heavy atom. The van der Waals surface area contributed by atoms with Crippen molar-refractivity contribution in [3.63, 3.8) is 0 Å². The van der Waals surface area contributed by atoms with Crippen LogP contribution in [0.2, 0.25) is 0 Å². The number of hydrogen-bond acceptors (Lipinski definition) is 5. The molecule has 0 aliphatic heterocycles. The first kappa shape index (κ1) is 27.1. The fraction of sp³-hybridized carbons (Fsp3) is 0.200. The monoisotopic (exact) mass is 520 g/mol. The van der Waals surface area contributed by atoms with Crippen LogP contribution in [0.4, 0.5) is 13.2 Å². The predicted molar refractivity (Wildman–Crippen MR) is 126 cm³/mol. The molecule has 1 atom stereocenters. The molecule has 3 rings (SSSR count). The number of hydrogen-bond donors (Lipinski definition) is 3. The molecule has 7 nitrogen and oxygen atoms in total. The molecule has 0 bridgehead atoms. The van der Waals surface area contributed by atoms with Crippen molar-refractivity contribution in [3.8, 4) is 11.1 Å². The number of rotatable bonds is 9. The number of Topliss-reactive ketones (excluding diaryl/α,β-unsaturated/α-hetero) is 1. The number of sulfonamides is 1. The smallest absolute Gasteiger partial charge is 0.394 e. The largest absolute Gasteiger partial charge is 0.416 e. The van der Waals surface area contributed by atoms with Crippen molar-refractivity contribution >= 4 is 21.7 Å². The molecule has 1 amide bonds. The molecule has 0 radical (unpaired) electrons. The van der Waals surface area contributed by atoms with E-state index in [1.165, 1.54) is 13.0 Å². The number of carbonyl (C=O) groups excluding carboxylic acids is 2. The zero-order chi connectivity index (χ0) is 26.5. The maximum Gasteiger partial charge on any atom is 0.416 e. The van der Waals surface area contributed by atoms with Gasteiger partial charge in [-0.25, -0.2) is 13.1 Å². The molecule has 11 heteroatoms. The van der Waals surface area contributed by atoms with Crippen LogP contribution in [0.25, 0.3) is 11.1 Å². The lowest BCUT2D eigenvalue weighted by molar-refractivity contribution is -0.137. The van der Waals surface area contributed by atoms with Crippen molar-refractivity contribution in [1.29, 1.82) is 0 Å². The number of nitrogens with one attached hydrogen (secondary N) is 2. The van der Waals surface area contributed by atoms with Crippen LogP contribution in [0.15, 0.2) is 77.7 Å². The summed E-state index contributed by atoms with van der Waals surface area (Å²) in [6, 6.07) is 15.4. The number of halogens is 3. The van der Waals surface area contributed by atoms with Gasteiger partial charge in [0.05, 0.1) is 17.1 Å². The number of alkyl halides is 3. The maximum atomic E-state index is 13.0. The number of ketones is 1. The summed E-state index contributed by atoms with van der Waals surface area (Å²) in [5.41, 5.74) is 0.490. The molecule has 3 aromatic carbocycles. The highest BCUT2D eigenvalue weighted by molar-refractivity contribution is 7.89. The van der Waals surface area contributed by atoms with Crippen molar-refractivity contribution in [1.82, 2.24) is 10.0 Å². The van der Waals surface area contributed by atoms with Gasteiger partial charge in [0.2, 0.25) is 10.0 Å². The predicted octanol–water partition coefficient (Wildman–Crippen LogP) is 3.53. The van der Waals surface area contributed by atoms with Gasteiger partial charge in [-0.2, -0.15) is 13.2 Å². The summed E-state index contributed by atoms with van der Waals surface area (Å²) < 4.78 is 66.8. The van der Waals surface area contributed by atoms with E-state index in [-0.39, 0.29) is 12.1 Å². The maximum absolute atomic E-state index is 13.0. The number of carbonyl (C=O) groups is 2. The van der Waals surface area contributed by atoms with E-state index >= 15 is 0 Å². The van der Waals surface area contributed by atoms with E-state index < -0.39 is 51.0 Å². The van der Waals surface area contributed by atoms with Crippen LogP contribution in [0, 0.1) is 0 Å². The molecule has 0 spiro atoms. The second-order valence-corrected chi connectivity index (χ2v) is 9.64. The van der Waals surface area contributed by atoms with Crippen molar-refractivity contribution in [3.05, 3.63) is 89.5 Å². The van der Waals surface area contributed by atoms with Gasteiger partial charge in [0, 0.05) is 12.1 Å². The molecule has 0 saturated carbocycles. The van der Waals surface area contributed by atoms with E-state index in [0.717, 1.165) is 18.2 Å². The summed E-state index contributed by atoms with van der Waals surface area (Å²) in [6.07, 6.45) is -4.69. The zero-order valence-corrected chi connectivity index (χ0v) is 19.9. The third kappa shape index (κ3) is 6.36. The first-order valence-corrected chi connectivity index (χ1v) is 12.2. The first-order chi connectivity index (χ1) is 16.9. The zero-order valence-electron chi connectivity index (χ0n) is 19.0. The Labute approximate surface area is 206 Å². The summed E-state index contributed by atoms with van der Waals surface area (Å²) in [6.45, 7) is 0.396. The van der Waals surface area contributed by atoms with Gasteiger partial charge in [0.25, 0.3) is 5.91 Å². The molecule has 0 aromatic heterocycles. The fourth-order valence-corrected chi connectivity index (χ4v) is 4.51. The number of benzene rings is 3. The van der Waals surface area contributed by atoms with Gasteiger partial charge in [-0.3, -0.25) is 9.59 Å². The highest BCUT2D eigenvalue weighted by atomic mass is 32.2. The van der Waals surface area contributed by atoms with Crippen LogP contribution in [0.1, 0.15) is 28.4 Å². The minimum Gasteiger partial charge on any atom is -0.394 e. The van der Waals surface area contributed by atoms with Crippen LogP contribution in [0.3, 0.4) is 0 Å². The van der Waals surface area contributed by atoms with Crippen LogP contribution in [-0.2, 0) is 27.5 Å². The van der Waals surface area contributed by atoms with E-state index in [9.17, 15) is 36.3 Å². The highest BCUT2D eigenvalue weighted by Gasteiger charge is 2.31. The molecule has 3 N–H and O–H groups in total. The van der Waals surface area contributed by atoms with E-state index in [0.29, 0.717) is 22.8 Å². The molecule has 0 unspecified atom stereocenters.